The maximum Gasteiger partial charge on any atom is 0.259 e. The van der Waals surface area contributed by atoms with E-state index in [9.17, 15) is 4.79 Å². The number of likely N-dealkylation sites (N-methyl/N-ethyl adjacent to an activating group) is 1. The Morgan fingerprint density at radius 2 is 1.96 bits per heavy atom. The molecule has 1 unspecified atom stereocenters. The molecule has 1 aliphatic rings. The molecule has 1 aromatic heterocycles. The number of anilines is 1. The summed E-state index contributed by atoms with van der Waals surface area (Å²) in [7, 11) is 7.28. The van der Waals surface area contributed by atoms with Crippen LogP contribution in [0.1, 0.15) is 15.9 Å². The van der Waals surface area contributed by atoms with Crippen LogP contribution in [0.3, 0.4) is 0 Å². The first-order chi connectivity index (χ1) is 12.0. The Balaban J connectivity index is 2.08. The van der Waals surface area contributed by atoms with Gasteiger partial charge < -0.3 is 19.3 Å². The number of hydrogen-bond donors (Lipinski definition) is 0. The number of carbonyl (C=O) groups is 1. The average Bonchev–Trinajstić information content (AvgIpc) is 2.65. The lowest BCUT2D eigenvalue weighted by Crippen LogP contribution is -2.48. The number of ether oxygens (including phenoxy) is 2. The highest BCUT2D eigenvalue weighted by molar-refractivity contribution is 6.06. The highest BCUT2D eigenvalue weighted by atomic mass is 16.5. The van der Waals surface area contributed by atoms with Crippen LogP contribution in [0, 0.1) is 0 Å². The molecule has 132 valence electrons. The zero-order chi connectivity index (χ0) is 18.0. The molecule has 0 aliphatic carbocycles. The van der Waals surface area contributed by atoms with E-state index in [1.165, 1.54) is 0 Å². The first kappa shape index (κ1) is 17.2. The second-order valence-corrected chi connectivity index (χ2v) is 6.31. The molecule has 0 saturated heterocycles. The fourth-order valence-corrected chi connectivity index (χ4v) is 3.14. The second kappa shape index (κ2) is 7.11. The van der Waals surface area contributed by atoms with Crippen molar-refractivity contribution in [3.8, 4) is 11.5 Å². The third kappa shape index (κ3) is 3.30. The molecular weight excluding hydrogens is 318 g/mol. The SMILES string of the molecule is COc1cc2c(cc1OC)N(C(=O)c1cccnc1)CC(N(C)C)C2. The van der Waals surface area contributed by atoms with Crippen molar-refractivity contribution in [1.82, 2.24) is 9.88 Å². The molecule has 3 rings (SSSR count). The number of hydrogen-bond acceptors (Lipinski definition) is 5. The standard InChI is InChI=1S/C19H23N3O3/c1-21(2)15-8-14-9-17(24-3)18(25-4)10-16(14)22(12-15)19(23)13-6-5-7-20-11-13/h5-7,9-11,15H,8,12H2,1-4H3. The van der Waals surface area contributed by atoms with E-state index in [2.05, 4.69) is 9.88 Å². The summed E-state index contributed by atoms with van der Waals surface area (Å²) >= 11 is 0. The van der Waals surface area contributed by atoms with E-state index in [0.29, 0.717) is 23.6 Å². The molecular formula is C19H23N3O3. The Kier molecular flexibility index (Phi) is 4.90. The van der Waals surface area contributed by atoms with Crippen molar-refractivity contribution in [2.45, 2.75) is 12.5 Å². The Morgan fingerprint density at radius 3 is 2.56 bits per heavy atom. The van der Waals surface area contributed by atoms with Crippen LogP contribution in [-0.4, -0.2) is 56.7 Å². The number of rotatable bonds is 4. The van der Waals surface area contributed by atoms with Crippen LogP contribution >= 0.6 is 0 Å². The van der Waals surface area contributed by atoms with Crippen molar-refractivity contribution in [3.05, 3.63) is 47.8 Å². The quantitative estimate of drug-likeness (QED) is 0.854. The van der Waals surface area contributed by atoms with Crippen LogP contribution in [0.4, 0.5) is 5.69 Å². The summed E-state index contributed by atoms with van der Waals surface area (Å²) in [6, 6.07) is 7.64. The molecule has 0 saturated carbocycles. The van der Waals surface area contributed by atoms with Gasteiger partial charge in [-0.1, -0.05) is 0 Å². The molecule has 1 amide bonds. The van der Waals surface area contributed by atoms with Crippen molar-refractivity contribution in [1.29, 1.82) is 0 Å². The Labute approximate surface area is 148 Å². The summed E-state index contributed by atoms with van der Waals surface area (Å²) in [6.07, 6.45) is 4.11. The summed E-state index contributed by atoms with van der Waals surface area (Å²) in [5.41, 5.74) is 2.51. The highest BCUT2D eigenvalue weighted by Gasteiger charge is 2.31. The van der Waals surface area contributed by atoms with Crippen LogP contribution in [0.15, 0.2) is 36.7 Å². The molecule has 0 N–H and O–H groups in total. The molecule has 0 spiro atoms. The Morgan fingerprint density at radius 1 is 1.24 bits per heavy atom. The number of aromatic nitrogens is 1. The first-order valence-corrected chi connectivity index (χ1v) is 8.18. The van der Waals surface area contributed by atoms with Gasteiger partial charge in [0.1, 0.15) is 0 Å². The predicted octanol–water partition coefficient (Wildman–Crippen LogP) is 2.23. The van der Waals surface area contributed by atoms with E-state index in [4.69, 9.17) is 9.47 Å². The maximum absolute atomic E-state index is 13.1. The number of carbonyl (C=O) groups excluding carboxylic acids is 1. The summed E-state index contributed by atoms with van der Waals surface area (Å²) in [4.78, 5) is 21.1. The minimum atomic E-state index is -0.0619. The Hall–Kier alpha value is -2.60. The average molecular weight is 341 g/mol. The highest BCUT2D eigenvalue weighted by Crippen LogP contribution is 2.39. The summed E-state index contributed by atoms with van der Waals surface area (Å²) in [6.45, 7) is 0.614. The summed E-state index contributed by atoms with van der Waals surface area (Å²) in [5, 5.41) is 0. The molecule has 0 radical (unpaired) electrons. The molecule has 1 aliphatic heterocycles. The lowest BCUT2D eigenvalue weighted by Gasteiger charge is -2.38. The predicted molar refractivity (Wildman–Crippen MR) is 96.6 cm³/mol. The van der Waals surface area contributed by atoms with Gasteiger partial charge in [0.05, 0.1) is 25.5 Å². The van der Waals surface area contributed by atoms with E-state index >= 15 is 0 Å². The zero-order valence-corrected chi connectivity index (χ0v) is 15.0. The Bertz CT molecular complexity index is 762. The van der Waals surface area contributed by atoms with E-state index < -0.39 is 0 Å². The van der Waals surface area contributed by atoms with Gasteiger partial charge in [0.15, 0.2) is 11.5 Å². The largest absolute Gasteiger partial charge is 0.493 e. The van der Waals surface area contributed by atoms with E-state index in [0.717, 1.165) is 17.7 Å². The molecule has 0 fully saturated rings. The van der Waals surface area contributed by atoms with Gasteiger partial charge in [0, 0.05) is 31.0 Å². The minimum Gasteiger partial charge on any atom is -0.493 e. The molecule has 25 heavy (non-hydrogen) atoms. The first-order valence-electron chi connectivity index (χ1n) is 8.18. The number of amides is 1. The minimum absolute atomic E-state index is 0.0619. The van der Waals surface area contributed by atoms with E-state index in [1.54, 1.807) is 38.7 Å². The van der Waals surface area contributed by atoms with Crippen LogP contribution in [0.25, 0.3) is 0 Å². The van der Waals surface area contributed by atoms with Gasteiger partial charge in [0.25, 0.3) is 5.91 Å². The van der Waals surface area contributed by atoms with E-state index in [1.807, 2.05) is 31.1 Å². The fourth-order valence-electron chi connectivity index (χ4n) is 3.14. The number of benzene rings is 1. The van der Waals surface area contributed by atoms with Crippen molar-refractivity contribution >= 4 is 11.6 Å². The van der Waals surface area contributed by atoms with Gasteiger partial charge in [-0.3, -0.25) is 9.78 Å². The normalized spacial score (nSPS) is 16.5. The maximum atomic E-state index is 13.1. The summed E-state index contributed by atoms with van der Waals surface area (Å²) < 4.78 is 10.9. The smallest absolute Gasteiger partial charge is 0.259 e. The van der Waals surface area contributed by atoms with Crippen molar-refractivity contribution in [3.63, 3.8) is 0 Å². The van der Waals surface area contributed by atoms with Gasteiger partial charge in [-0.25, -0.2) is 0 Å². The molecule has 2 aromatic rings. The zero-order valence-electron chi connectivity index (χ0n) is 15.0. The topological polar surface area (TPSA) is 54.9 Å². The van der Waals surface area contributed by atoms with Crippen molar-refractivity contribution in [2.24, 2.45) is 0 Å². The van der Waals surface area contributed by atoms with Crippen LogP contribution in [0.5, 0.6) is 11.5 Å². The van der Waals surface area contributed by atoms with Crippen molar-refractivity contribution in [2.75, 3.05) is 39.8 Å². The van der Waals surface area contributed by atoms with Crippen LogP contribution in [0.2, 0.25) is 0 Å². The second-order valence-electron chi connectivity index (χ2n) is 6.31. The number of methoxy groups -OCH3 is 2. The summed E-state index contributed by atoms with van der Waals surface area (Å²) in [5.74, 6) is 1.23. The fraction of sp³-hybridized carbons (Fsp3) is 0.368. The van der Waals surface area contributed by atoms with Gasteiger partial charge in [0.2, 0.25) is 0 Å². The van der Waals surface area contributed by atoms with Gasteiger partial charge >= 0.3 is 0 Å². The van der Waals surface area contributed by atoms with Gasteiger partial charge in [-0.15, -0.1) is 0 Å². The van der Waals surface area contributed by atoms with Gasteiger partial charge in [-0.2, -0.15) is 0 Å². The molecule has 2 heterocycles. The lowest BCUT2D eigenvalue weighted by atomic mass is 9.95. The molecule has 1 atom stereocenters. The molecule has 6 heteroatoms. The third-order valence-electron chi connectivity index (χ3n) is 4.61. The number of fused-ring (bicyclic) bond motifs is 1. The van der Waals surface area contributed by atoms with Gasteiger partial charge in [-0.05, 0) is 44.3 Å². The molecule has 1 aromatic carbocycles. The third-order valence-corrected chi connectivity index (χ3v) is 4.61. The van der Waals surface area contributed by atoms with Crippen molar-refractivity contribution < 1.29 is 14.3 Å². The molecule has 0 bridgehead atoms. The van der Waals surface area contributed by atoms with E-state index in [-0.39, 0.29) is 11.9 Å². The lowest BCUT2D eigenvalue weighted by molar-refractivity contribution is 0.0975. The monoisotopic (exact) mass is 341 g/mol. The van der Waals surface area contributed by atoms with Crippen LogP contribution < -0.4 is 14.4 Å². The number of nitrogens with zero attached hydrogens (tertiary/aromatic N) is 3. The number of pyridine rings is 1. The van der Waals surface area contributed by atoms with Crippen LogP contribution in [-0.2, 0) is 6.42 Å². The molecule has 6 nitrogen and oxygen atoms in total.